The van der Waals surface area contributed by atoms with Gasteiger partial charge in [0.05, 0.1) is 0 Å². The van der Waals surface area contributed by atoms with Gasteiger partial charge in [-0.1, -0.05) is 78.9 Å². The van der Waals surface area contributed by atoms with Crippen LogP contribution >= 0.6 is 24.0 Å². The number of pyridine rings is 1. The summed E-state index contributed by atoms with van der Waals surface area (Å²) < 4.78 is 2.52. The lowest BCUT2D eigenvalue weighted by Gasteiger charge is -2.08. The molecule has 4 heteroatoms. The second-order valence-corrected chi connectivity index (χ2v) is 7.06. The van der Waals surface area contributed by atoms with E-state index in [4.69, 9.17) is 12.2 Å². The van der Waals surface area contributed by atoms with Gasteiger partial charge < -0.3 is 5.11 Å². The summed E-state index contributed by atoms with van der Waals surface area (Å²) in [7, 11) is 0. The maximum Gasteiger partial charge on any atom is 0.278 e. The Morgan fingerprint density at radius 2 is 1.40 bits per heavy atom. The van der Waals surface area contributed by atoms with Crippen LogP contribution in [0, 0.1) is 0 Å². The molecule has 0 bridgehead atoms. The molecule has 0 spiro atoms. The number of nitrogens with zero attached hydrogens (tertiary/aromatic N) is 1. The van der Waals surface area contributed by atoms with Crippen molar-refractivity contribution in [2.75, 3.05) is 0 Å². The predicted octanol–water partition coefficient (Wildman–Crippen LogP) is 5.12. The lowest BCUT2D eigenvalue weighted by Crippen LogP contribution is -2.35. The summed E-state index contributed by atoms with van der Waals surface area (Å²) in [5, 5.41) is 10.9. The van der Waals surface area contributed by atoms with Gasteiger partial charge in [0.15, 0.2) is 18.2 Å². The molecule has 1 N–H and O–H groups in total. The number of thioether (sulfide) groups is 1. The minimum atomic E-state index is 0.183. The SMILES string of the molecule is O/C(=C(\C(=S)SCc1ccccc1)[n+]1ccccc1)c1ccccc1. The monoisotopic (exact) mass is 364 g/mol. The number of hydrogen-bond donors (Lipinski definition) is 1. The van der Waals surface area contributed by atoms with Gasteiger partial charge in [-0.2, -0.15) is 4.57 Å². The molecule has 0 unspecified atom stereocenters. The predicted molar refractivity (Wildman–Crippen MR) is 109 cm³/mol. The molecule has 3 rings (SSSR count). The van der Waals surface area contributed by atoms with Gasteiger partial charge in [0, 0.05) is 23.4 Å². The highest BCUT2D eigenvalue weighted by atomic mass is 32.2. The van der Waals surface area contributed by atoms with E-state index in [1.54, 1.807) is 11.8 Å². The van der Waals surface area contributed by atoms with E-state index < -0.39 is 0 Å². The van der Waals surface area contributed by atoms with Crippen LogP contribution in [0.15, 0.2) is 91.3 Å². The molecule has 0 saturated heterocycles. The number of aliphatic hydroxyl groups is 1. The van der Waals surface area contributed by atoms with E-state index >= 15 is 0 Å². The molecule has 124 valence electrons. The third-order valence-electron chi connectivity index (χ3n) is 3.65. The van der Waals surface area contributed by atoms with Crippen molar-refractivity contribution in [3.63, 3.8) is 0 Å². The van der Waals surface area contributed by atoms with Crippen molar-refractivity contribution in [3.05, 3.63) is 102 Å². The van der Waals surface area contributed by atoms with Gasteiger partial charge in [0.1, 0.15) is 4.20 Å². The number of aliphatic hydroxyl groups excluding tert-OH is 1. The Labute approximate surface area is 157 Å². The van der Waals surface area contributed by atoms with Crippen molar-refractivity contribution in [3.8, 4) is 0 Å². The van der Waals surface area contributed by atoms with Gasteiger partial charge in [-0.3, -0.25) is 0 Å². The van der Waals surface area contributed by atoms with Gasteiger partial charge in [-0.25, -0.2) is 0 Å². The first kappa shape index (κ1) is 17.4. The summed E-state index contributed by atoms with van der Waals surface area (Å²) in [6.45, 7) is 0. The van der Waals surface area contributed by atoms with E-state index in [2.05, 4.69) is 12.1 Å². The Bertz CT molecular complexity index is 862. The van der Waals surface area contributed by atoms with Gasteiger partial charge in [-0.05, 0) is 5.56 Å². The van der Waals surface area contributed by atoms with Crippen molar-refractivity contribution < 1.29 is 9.67 Å². The first-order valence-electron chi connectivity index (χ1n) is 7.92. The largest absolute Gasteiger partial charge is 0.502 e. The molecule has 0 atom stereocenters. The number of rotatable bonds is 5. The fraction of sp³-hybridized carbons (Fsp3) is 0.0476. The molecule has 2 nitrogen and oxygen atoms in total. The second kappa shape index (κ2) is 8.60. The molecule has 1 aromatic heterocycles. The average molecular weight is 365 g/mol. The third kappa shape index (κ3) is 4.56. The number of benzene rings is 2. The third-order valence-corrected chi connectivity index (χ3v) is 5.13. The number of aromatic nitrogens is 1. The molecular weight excluding hydrogens is 346 g/mol. The Kier molecular flexibility index (Phi) is 5.99. The Morgan fingerprint density at radius 3 is 2.04 bits per heavy atom. The maximum absolute atomic E-state index is 10.9. The smallest absolute Gasteiger partial charge is 0.278 e. The second-order valence-electron chi connectivity index (χ2n) is 5.41. The Hall–Kier alpha value is -2.43. The normalized spacial score (nSPS) is 11.7. The molecule has 0 saturated carbocycles. The quantitative estimate of drug-likeness (QED) is 0.294. The summed E-state index contributed by atoms with van der Waals surface area (Å²) in [6, 6.07) is 25.4. The van der Waals surface area contributed by atoms with Crippen molar-refractivity contribution in [2.45, 2.75) is 5.75 Å². The maximum atomic E-state index is 10.9. The van der Waals surface area contributed by atoms with Gasteiger partial charge >= 0.3 is 0 Å². The Morgan fingerprint density at radius 1 is 0.840 bits per heavy atom. The highest BCUT2D eigenvalue weighted by Gasteiger charge is 2.23. The van der Waals surface area contributed by atoms with Crippen molar-refractivity contribution in [2.24, 2.45) is 0 Å². The molecule has 0 radical (unpaired) electrons. The Balaban J connectivity index is 1.93. The van der Waals surface area contributed by atoms with E-state index in [-0.39, 0.29) is 5.76 Å². The molecule has 0 fully saturated rings. The molecule has 0 aliphatic heterocycles. The number of thiocarbonyl (C=S) groups is 1. The van der Waals surface area contributed by atoms with Crippen LogP contribution in [0.1, 0.15) is 11.1 Å². The van der Waals surface area contributed by atoms with Gasteiger partial charge in [0.25, 0.3) is 5.70 Å². The molecular formula is C21H18NOS2+. The summed E-state index contributed by atoms with van der Waals surface area (Å²) >= 11 is 7.21. The topological polar surface area (TPSA) is 24.1 Å². The average Bonchev–Trinajstić information content (AvgIpc) is 2.69. The minimum absolute atomic E-state index is 0.183. The zero-order chi connectivity index (χ0) is 17.5. The molecule has 2 aromatic carbocycles. The van der Waals surface area contributed by atoms with Crippen molar-refractivity contribution in [1.82, 2.24) is 0 Å². The first-order chi connectivity index (χ1) is 12.3. The van der Waals surface area contributed by atoms with Crippen LogP contribution in [-0.2, 0) is 5.75 Å². The molecule has 0 amide bonds. The standard InChI is InChI=1S/C21H17NOS2/c23-20(18-12-6-2-7-13-18)19(22-14-8-3-9-15-22)21(24)25-16-17-10-4-1-5-11-17/h1-15H,16H2/p+1. The lowest BCUT2D eigenvalue weighted by molar-refractivity contribution is -0.575. The van der Waals surface area contributed by atoms with Crippen LogP contribution in [-0.4, -0.2) is 9.30 Å². The molecule has 1 heterocycles. The summed E-state index contributed by atoms with van der Waals surface area (Å²) in [5.41, 5.74) is 2.57. The van der Waals surface area contributed by atoms with Crippen LogP contribution in [0.5, 0.6) is 0 Å². The zero-order valence-corrected chi connectivity index (χ0v) is 15.2. The molecule has 3 aromatic rings. The van der Waals surface area contributed by atoms with Crippen molar-refractivity contribution in [1.29, 1.82) is 0 Å². The zero-order valence-electron chi connectivity index (χ0n) is 13.6. The number of hydrogen-bond acceptors (Lipinski definition) is 3. The van der Waals surface area contributed by atoms with E-state index in [1.807, 2.05) is 83.7 Å². The van der Waals surface area contributed by atoms with Crippen LogP contribution in [0.25, 0.3) is 11.5 Å². The molecule has 25 heavy (non-hydrogen) atoms. The summed E-state index contributed by atoms with van der Waals surface area (Å²) in [5.74, 6) is 0.945. The van der Waals surface area contributed by atoms with E-state index in [9.17, 15) is 5.11 Å². The van der Waals surface area contributed by atoms with Crippen LogP contribution < -0.4 is 4.57 Å². The fourth-order valence-corrected chi connectivity index (χ4v) is 3.60. The van der Waals surface area contributed by atoms with Crippen LogP contribution in [0.2, 0.25) is 0 Å². The van der Waals surface area contributed by atoms with Crippen molar-refractivity contribution >= 4 is 39.6 Å². The van der Waals surface area contributed by atoms with E-state index in [0.717, 1.165) is 11.3 Å². The highest BCUT2D eigenvalue weighted by molar-refractivity contribution is 8.23. The first-order valence-corrected chi connectivity index (χ1v) is 9.31. The summed E-state index contributed by atoms with van der Waals surface area (Å²) in [4.78, 5) is 0. The molecule has 0 aliphatic rings. The molecule has 0 aliphatic carbocycles. The van der Waals surface area contributed by atoms with E-state index in [1.165, 1.54) is 5.56 Å². The fourth-order valence-electron chi connectivity index (χ4n) is 2.40. The van der Waals surface area contributed by atoms with Crippen LogP contribution in [0.3, 0.4) is 0 Å². The van der Waals surface area contributed by atoms with Gasteiger partial charge in [0.2, 0.25) is 0 Å². The summed E-state index contributed by atoms with van der Waals surface area (Å²) in [6.07, 6.45) is 3.79. The lowest BCUT2D eigenvalue weighted by atomic mass is 10.1. The minimum Gasteiger partial charge on any atom is -0.502 e. The van der Waals surface area contributed by atoms with Crippen LogP contribution in [0.4, 0.5) is 0 Å². The van der Waals surface area contributed by atoms with Gasteiger partial charge in [-0.15, -0.1) is 11.8 Å². The van der Waals surface area contributed by atoms with E-state index in [0.29, 0.717) is 9.89 Å². The highest BCUT2D eigenvalue weighted by Crippen LogP contribution is 2.24.